The highest BCUT2D eigenvalue weighted by atomic mass is 19.1. The van der Waals surface area contributed by atoms with Crippen molar-refractivity contribution in [2.45, 2.75) is 75.9 Å². The van der Waals surface area contributed by atoms with Gasteiger partial charge < -0.3 is 74.1 Å². The summed E-state index contributed by atoms with van der Waals surface area (Å²) in [5, 5.41) is 20.8. The maximum absolute atomic E-state index is 13.3. The summed E-state index contributed by atoms with van der Waals surface area (Å²) in [6.07, 6.45) is 18.5. The third-order valence-corrected chi connectivity index (χ3v) is 24.2. The molecule has 0 aliphatic carbocycles. The fourth-order valence-corrected chi connectivity index (χ4v) is 17.0. The summed E-state index contributed by atoms with van der Waals surface area (Å²) in [5.74, 6) is 0.514. The van der Waals surface area contributed by atoms with Crippen LogP contribution in [-0.2, 0) is 38.4 Å². The smallest absolute Gasteiger partial charge is 0.342 e. The molecular weight excluding hydrogens is 1470 g/mol. The molecule has 0 radical (unpaired) electrons. The Morgan fingerprint density at radius 1 is 0.400 bits per heavy atom. The normalized spacial score (nSPS) is 20.7. The molecule has 3 atom stereocenters. The van der Waals surface area contributed by atoms with Gasteiger partial charge in [0, 0.05) is 145 Å². The van der Waals surface area contributed by atoms with Crippen molar-refractivity contribution in [3.05, 3.63) is 216 Å². The number of carbonyl (C=O) groups excluding carboxylic acids is 6. The summed E-state index contributed by atoms with van der Waals surface area (Å²) in [6, 6.07) is 36.2. The van der Waals surface area contributed by atoms with E-state index in [2.05, 4.69) is 69.8 Å². The molecule has 12 heterocycles. The van der Waals surface area contributed by atoms with Gasteiger partial charge in [0.25, 0.3) is 17.7 Å². The topological polar surface area (TPSA) is 255 Å². The van der Waals surface area contributed by atoms with Gasteiger partial charge in [0.1, 0.15) is 66.8 Å². The number of benzene rings is 6. The van der Waals surface area contributed by atoms with Gasteiger partial charge in [-0.2, -0.15) is 29.3 Å². The number of fused-ring (bicyclic) bond motifs is 3. The minimum Gasteiger partial charge on any atom is -0.489 e. The van der Waals surface area contributed by atoms with Gasteiger partial charge in [-0.1, -0.05) is 54.6 Å². The van der Waals surface area contributed by atoms with Gasteiger partial charge in [-0.3, -0.25) is 14.4 Å². The number of ether oxygens (including phenoxy) is 4. The van der Waals surface area contributed by atoms with Crippen LogP contribution in [0.2, 0.25) is 0 Å². The molecule has 3 N–H and O–H groups in total. The predicted molar refractivity (Wildman–Crippen MR) is 431 cm³/mol. The standard InChI is InChI=1S/2C29H33FN6O3.C28H31N5O4/c2*1-33-11-9-29(10-12-33)18-35(19-29)23-7-8-26-25(14-23)34(2)27(37)24(17-39-26)32-28(38)36-16-21(15-31-36)13-20-3-5-22(30)6-4-20;1-31-24-14-22(32-18-28(19-32)9-11-36-12-10-28)7-8-25(24)37-17-23(26(31)34)30-27(35)33-16-21(15-29-33)13-20-5-3-2-4-6-20/h2*3-8,14-16,24H,9-13,17-19H2,1-2H3,(H,32,38);2-8,14-16,23H,9-13,17-19H2,1H3,(H,30,35)/t24-;;23-/m1.1/s1. The van der Waals surface area contributed by atoms with Crippen molar-refractivity contribution in [3.63, 3.8) is 0 Å². The Morgan fingerprint density at radius 2 is 0.704 bits per heavy atom. The molecule has 600 valence electrons. The van der Waals surface area contributed by atoms with Gasteiger partial charge >= 0.3 is 18.1 Å². The Kier molecular flexibility index (Phi) is 21.9. The zero-order valence-corrected chi connectivity index (χ0v) is 65.5. The van der Waals surface area contributed by atoms with Crippen LogP contribution in [0.3, 0.4) is 0 Å². The van der Waals surface area contributed by atoms with Crippen LogP contribution in [0, 0.1) is 27.9 Å². The number of anilines is 6. The second-order valence-electron chi connectivity index (χ2n) is 32.5. The molecule has 9 aliphatic heterocycles. The van der Waals surface area contributed by atoms with Gasteiger partial charge in [-0.15, -0.1) is 0 Å². The molecule has 3 aromatic heterocycles. The molecule has 9 aromatic rings. The molecule has 6 fully saturated rings. The lowest BCUT2D eigenvalue weighted by Crippen LogP contribution is -2.60. The first-order valence-electron chi connectivity index (χ1n) is 39.5. The highest BCUT2D eigenvalue weighted by Crippen LogP contribution is 2.48. The minimum absolute atomic E-state index is 0.0192. The summed E-state index contributed by atoms with van der Waals surface area (Å²) >= 11 is 0. The SMILES string of the molecule is CN1C(=O)[C@H](NC(=O)n2cc(Cc3ccccc3)cn2)COc2ccc(N3CC4(CCOCC4)C3)cc21.CN1CCC2(CC1)CN(c1ccc3c(c1)N(C)C(=O)C(NC(=O)n1cc(Cc4ccc(F)cc4)cn1)CO3)C2.CN1CCC2(CC1)CN(c1ccc3c(c1)N(C)C(=O)[C@H](NC(=O)n1cc(Cc4ccc(F)cc4)cn1)CO3)C2. The molecule has 3 spiro atoms. The van der Waals surface area contributed by atoms with Gasteiger partial charge in [0.2, 0.25) is 0 Å². The van der Waals surface area contributed by atoms with Crippen LogP contribution in [0.1, 0.15) is 71.9 Å². The number of rotatable bonds is 12. The summed E-state index contributed by atoms with van der Waals surface area (Å²) in [4.78, 5) is 95.3. The lowest BCUT2D eigenvalue weighted by atomic mass is 9.72. The molecule has 29 heteroatoms. The number of hydrogen-bond donors (Lipinski definition) is 3. The van der Waals surface area contributed by atoms with E-state index >= 15 is 0 Å². The van der Waals surface area contributed by atoms with Crippen molar-refractivity contribution < 1.29 is 56.5 Å². The fraction of sp³-hybridized carbons (Fsp3) is 0.407. The average Bonchev–Trinajstić information content (AvgIpc) is 1.60. The number of nitrogens with zero attached hydrogens (tertiary/aromatic N) is 14. The van der Waals surface area contributed by atoms with E-state index < -0.39 is 36.2 Å². The third-order valence-electron chi connectivity index (χ3n) is 24.2. The first kappa shape index (κ1) is 77.3. The summed E-state index contributed by atoms with van der Waals surface area (Å²) < 4.78 is 53.4. The molecule has 27 nitrogen and oxygen atoms in total. The van der Waals surface area contributed by atoms with Crippen molar-refractivity contribution in [2.24, 2.45) is 16.2 Å². The Labute approximate surface area is 666 Å². The van der Waals surface area contributed by atoms with Crippen LogP contribution in [0.25, 0.3) is 0 Å². The highest BCUT2D eigenvalue weighted by molar-refractivity contribution is 6.03. The quantitative estimate of drug-likeness (QED) is 0.103. The lowest BCUT2D eigenvalue weighted by molar-refractivity contribution is -0.121. The number of carbonyl (C=O) groups is 6. The Morgan fingerprint density at radius 3 is 1.03 bits per heavy atom. The van der Waals surface area contributed by atoms with Crippen LogP contribution < -0.4 is 59.6 Å². The molecule has 18 rings (SSSR count). The second kappa shape index (κ2) is 32.7. The predicted octanol–water partition coefficient (Wildman–Crippen LogP) is 9.33. The lowest BCUT2D eigenvalue weighted by Gasteiger charge is -2.54. The van der Waals surface area contributed by atoms with Crippen molar-refractivity contribution in [1.29, 1.82) is 0 Å². The average molecular weight is 1570 g/mol. The summed E-state index contributed by atoms with van der Waals surface area (Å²) in [5.41, 5.74) is 11.9. The van der Waals surface area contributed by atoms with Crippen LogP contribution >= 0.6 is 0 Å². The monoisotopic (exact) mass is 1570 g/mol. The van der Waals surface area contributed by atoms with Crippen molar-refractivity contribution in [3.8, 4) is 17.2 Å². The maximum Gasteiger partial charge on any atom is 0.342 e. The van der Waals surface area contributed by atoms with Crippen LogP contribution in [0.15, 0.2) is 171 Å². The largest absolute Gasteiger partial charge is 0.489 e. The number of likely N-dealkylation sites (tertiary alicyclic amines) is 2. The zero-order valence-electron chi connectivity index (χ0n) is 65.5. The molecule has 0 bridgehead atoms. The molecule has 6 saturated heterocycles. The van der Waals surface area contributed by atoms with E-state index in [1.54, 1.807) is 97.3 Å². The Balaban J connectivity index is 0.000000130. The minimum atomic E-state index is -0.866. The first-order valence-corrected chi connectivity index (χ1v) is 39.5. The third kappa shape index (κ3) is 17.1. The Hall–Kier alpha value is -11.7. The molecule has 1 unspecified atom stereocenters. The number of amides is 6. The van der Waals surface area contributed by atoms with E-state index in [4.69, 9.17) is 18.9 Å². The van der Waals surface area contributed by atoms with Gasteiger partial charge in [0.15, 0.2) is 0 Å². The van der Waals surface area contributed by atoms with E-state index in [1.165, 1.54) is 64.0 Å². The van der Waals surface area contributed by atoms with Gasteiger partial charge in [0.05, 0.1) is 35.7 Å². The highest BCUT2D eigenvalue weighted by Gasteiger charge is 2.48. The second-order valence-corrected chi connectivity index (χ2v) is 32.5. The Bertz CT molecular complexity index is 4820. The number of nitrogens with one attached hydrogen (secondary N) is 3. The van der Waals surface area contributed by atoms with E-state index in [1.807, 2.05) is 84.9 Å². The molecular formula is C86H97F2N17O10. The summed E-state index contributed by atoms with van der Waals surface area (Å²) in [7, 11) is 9.51. The number of halogens is 2. The number of aromatic nitrogens is 6. The van der Waals surface area contributed by atoms with E-state index in [-0.39, 0.29) is 49.2 Å². The molecule has 0 saturated carbocycles. The number of piperidine rings is 2. The van der Waals surface area contributed by atoms with Crippen molar-refractivity contribution >= 4 is 69.9 Å². The van der Waals surface area contributed by atoms with Gasteiger partial charge in [-0.05, 0) is 191 Å². The van der Waals surface area contributed by atoms with Crippen molar-refractivity contribution in [1.82, 2.24) is 55.1 Å². The molecule has 6 amide bonds. The number of likely N-dealkylation sites (N-methyl/N-ethyl adjacent to an activating group) is 3. The molecule has 6 aromatic carbocycles. The zero-order chi connectivity index (χ0) is 79.7. The fourth-order valence-electron chi connectivity index (χ4n) is 17.0. The first-order chi connectivity index (χ1) is 55.6. The van der Waals surface area contributed by atoms with Crippen LogP contribution in [0.5, 0.6) is 17.2 Å². The van der Waals surface area contributed by atoms with Crippen LogP contribution in [-0.4, -0.2) is 227 Å². The maximum atomic E-state index is 13.3. The van der Waals surface area contributed by atoms with E-state index in [0.29, 0.717) is 69.8 Å². The van der Waals surface area contributed by atoms with E-state index in [9.17, 15) is 37.5 Å². The van der Waals surface area contributed by atoms with Gasteiger partial charge in [-0.25, -0.2) is 23.2 Å². The summed E-state index contributed by atoms with van der Waals surface area (Å²) in [6.45, 7) is 12.5. The number of hydrogen-bond acceptors (Lipinski definition) is 18. The molecule has 115 heavy (non-hydrogen) atoms. The van der Waals surface area contributed by atoms with Crippen LogP contribution in [0.4, 0.5) is 57.3 Å². The van der Waals surface area contributed by atoms with Crippen molar-refractivity contribution in [2.75, 3.05) is 163 Å². The van der Waals surface area contributed by atoms with E-state index in [0.717, 1.165) is 142 Å². The molecule has 9 aliphatic rings.